The summed E-state index contributed by atoms with van der Waals surface area (Å²) in [7, 11) is 2.22. The molecule has 1 aromatic rings. The largest absolute Gasteiger partial charge is 0.329 e. The van der Waals surface area contributed by atoms with Gasteiger partial charge in [0.25, 0.3) is 0 Å². The van der Waals surface area contributed by atoms with E-state index in [9.17, 15) is 0 Å². The molecule has 1 fully saturated rings. The van der Waals surface area contributed by atoms with Crippen molar-refractivity contribution in [1.82, 2.24) is 4.90 Å². The van der Waals surface area contributed by atoms with Crippen LogP contribution in [0.5, 0.6) is 0 Å². The molecule has 0 radical (unpaired) electrons. The Morgan fingerprint density at radius 1 is 1.44 bits per heavy atom. The molecule has 0 aliphatic carbocycles. The van der Waals surface area contributed by atoms with Crippen LogP contribution in [-0.4, -0.2) is 35.5 Å². The third-order valence-electron chi connectivity index (χ3n) is 3.99. The molecular formula is C15H24N2S. The predicted molar refractivity (Wildman–Crippen MR) is 81.0 cm³/mol. The first-order valence-electron chi connectivity index (χ1n) is 6.71. The van der Waals surface area contributed by atoms with Gasteiger partial charge in [-0.1, -0.05) is 29.8 Å². The maximum atomic E-state index is 6.07. The zero-order valence-corrected chi connectivity index (χ0v) is 12.3. The van der Waals surface area contributed by atoms with Crippen molar-refractivity contribution in [3.8, 4) is 0 Å². The molecule has 1 saturated heterocycles. The highest BCUT2D eigenvalue weighted by Gasteiger charge is 2.34. The van der Waals surface area contributed by atoms with Crippen LogP contribution >= 0.6 is 11.8 Å². The minimum absolute atomic E-state index is 0.201. The van der Waals surface area contributed by atoms with Gasteiger partial charge in [-0.15, -0.1) is 0 Å². The van der Waals surface area contributed by atoms with Gasteiger partial charge in [0.2, 0.25) is 0 Å². The summed E-state index contributed by atoms with van der Waals surface area (Å²) < 4.78 is 0. The fraction of sp³-hybridized carbons (Fsp3) is 0.600. The normalized spacial score (nSPS) is 24.4. The molecule has 18 heavy (non-hydrogen) atoms. The number of hydrogen-bond donors (Lipinski definition) is 1. The van der Waals surface area contributed by atoms with Crippen molar-refractivity contribution in [2.45, 2.75) is 31.8 Å². The Kier molecular flexibility index (Phi) is 4.71. The van der Waals surface area contributed by atoms with E-state index in [2.05, 4.69) is 43.1 Å². The quantitative estimate of drug-likeness (QED) is 0.906. The van der Waals surface area contributed by atoms with Gasteiger partial charge in [0.05, 0.1) is 0 Å². The van der Waals surface area contributed by atoms with Gasteiger partial charge in [-0.2, -0.15) is 11.8 Å². The smallest absolute Gasteiger partial charge is 0.0422 e. The maximum Gasteiger partial charge on any atom is 0.0422 e. The van der Waals surface area contributed by atoms with Gasteiger partial charge in [0.1, 0.15) is 0 Å². The Labute approximate surface area is 115 Å². The van der Waals surface area contributed by atoms with Crippen molar-refractivity contribution in [2.24, 2.45) is 5.73 Å². The van der Waals surface area contributed by atoms with Crippen LogP contribution in [0, 0.1) is 6.92 Å². The van der Waals surface area contributed by atoms with Gasteiger partial charge in [0, 0.05) is 24.4 Å². The van der Waals surface area contributed by atoms with E-state index in [-0.39, 0.29) is 5.54 Å². The SMILES string of the molecule is Cc1cccc(CN(C)C2(CN)CCCSC2)c1. The fourth-order valence-electron chi connectivity index (χ4n) is 2.71. The van der Waals surface area contributed by atoms with Crippen LogP contribution in [0.25, 0.3) is 0 Å². The molecule has 100 valence electrons. The van der Waals surface area contributed by atoms with E-state index in [1.54, 1.807) is 0 Å². The first kappa shape index (κ1) is 13.9. The highest BCUT2D eigenvalue weighted by atomic mass is 32.2. The highest BCUT2D eigenvalue weighted by molar-refractivity contribution is 7.99. The van der Waals surface area contributed by atoms with E-state index in [1.165, 1.54) is 35.5 Å². The third-order valence-corrected chi connectivity index (χ3v) is 5.31. The molecule has 1 aliphatic rings. The summed E-state index contributed by atoms with van der Waals surface area (Å²) in [5.74, 6) is 2.46. The number of rotatable bonds is 4. The van der Waals surface area contributed by atoms with Crippen molar-refractivity contribution in [3.05, 3.63) is 35.4 Å². The predicted octanol–water partition coefficient (Wildman–Crippen LogP) is 2.65. The second-order valence-corrected chi connectivity index (χ2v) is 6.53. The molecule has 0 saturated carbocycles. The number of benzene rings is 1. The molecule has 2 rings (SSSR count). The van der Waals surface area contributed by atoms with Crippen molar-refractivity contribution < 1.29 is 0 Å². The molecule has 1 atom stereocenters. The lowest BCUT2D eigenvalue weighted by molar-refractivity contribution is 0.127. The highest BCUT2D eigenvalue weighted by Crippen LogP contribution is 2.31. The average Bonchev–Trinajstić information content (AvgIpc) is 2.39. The minimum Gasteiger partial charge on any atom is -0.329 e. The average molecular weight is 264 g/mol. The number of hydrogen-bond acceptors (Lipinski definition) is 3. The molecular weight excluding hydrogens is 240 g/mol. The van der Waals surface area contributed by atoms with E-state index >= 15 is 0 Å². The van der Waals surface area contributed by atoms with Crippen LogP contribution in [0.2, 0.25) is 0 Å². The lowest BCUT2D eigenvalue weighted by atomic mass is 9.93. The minimum atomic E-state index is 0.201. The molecule has 0 amide bonds. The van der Waals surface area contributed by atoms with Gasteiger partial charge in [0.15, 0.2) is 0 Å². The van der Waals surface area contributed by atoms with Gasteiger partial charge < -0.3 is 5.73 Å². The first-order chi connectivity index (χ1) is 8.66. The molecule has 0 bridgehead atoms. The second kappa shape index (κ2) is 6.09. The monoisotopic (exact) mass is 264 g/mol. The van der Waals surface area contributed by atoms with E-state index in [0.29, 0.717) is 0 Å². The summed E-state index contributed by atoms with van der Waals surface area (Å²) in [4.78, 5) is 2.47. The Morgan fingerprint density at radius 2 is 2.28 bits per heavy atom. The van der Waals surface area contributed by atoms with E-state index in [4.69, 9.17) is 5.73 Å². The molecule has 2 nitrogen and oxygen atoms in total. The molecule has 1 unspecified atom stereocenters. The number of aryl methyl sites for hydroxylation is 1. The van der Waals surface area contributed by atoms with Crippen LogP contribution in [0.4, 0.5) is 0 Å². The molecule has 0 spiro atoms. The van der Waals surface area contributed by atoms with Gasteiger partial charge in [-0.05, 0) is 38.1 Å². The second-order valence-electron chi connectivity index (χ2n) is 5.43. The summed E-state index contributed by atoms with van der Waals surface area (Å²) in [6.07, 6.45) is 2.53. The van der Waals surface area contributed by atoms with Crippen LogP contribution in [-0.2, 0) is 6.54 Å². The van der Waals surface area contributed by atoms with Crippen molar-refractivity contribution in [2.75, 3.05) is 25.1 Å². The lowest BCUT2D eigenvalue weighted by Gasteiger charge is -2.43. The van der Waals surface area contributed by atoms with Gasteiger partial charge in [-0.3, -0.25) is 4.90 Å². The molecule has 1 heterocycles. The zero-order chi connectivity index (χ0) is 13.0. The molecule has 1 aliphatic heterocycles. The summed E-state index contributed by atoms with van der Waals surface area (Å²) in [6, 6.07) is 8.78. The maximum absolute atomic E-state index is 6.07. The van der Waals surface area contributed by atoms with E-state index in [1.807, 2.05) is 11.8 Å². The van der Waals surface area contributed by atoms with Crippen LogP contribution in [0.15, 0.2) is 24.3 Å². The van der Waals surface area contributed by atoms with Crippen molar-refractivity contribution in [3.63, 3.8) is 0 Å². The number of nitrogens with two attached hydrogens (primary N) is 1. The summed E-state index contributed by atoms with van der Waals surface area (Å²) in [5.41, 5.74) is 8.99. The first-order valence-corrected chi connectivity index (χ1v) is 7.86. The number of thioether (sulfide) groups is 1. The fourth-order valence-corrected chi connectivity index (χ4v) is 4.06. The van der Waals surface area contributed by atoms with Crippen molar-refractivity contribution >= 4 is 11.8 Å². The molecule has 2 N–H and O–H groups in total. The van der Waals surface area contributed by atoms with Crippen molar-refractivity contribution in [1.29, 1.82) is 0 Å². The van der Waals surface area contributed by atoms with Gasteiger partial charge in [-0.25, -0.2) is 0 Å². The Bertz CT molecular complexity index is 386. The Balaban J connectivity index is 2.07. The number of likely N-dealkylation sites (N-methyl/N-ethyl adjacent to an activating group) is 1. The van der Waals surface area contributed by atoms with Crippen LogP contribution < -0.4 is 5.73 Å². The molecule has 3 heteroatoms. The third kappa shape index (κ3) is 3.08. The Hall–Kier alpha value is -0.510. The van der Waals surface area contributed by atoms with E-state index in [0.717, 1.165) is 13.1 Å². The Morgan fingerprint density at radius 3 is 2.89 bits per heavy atom. The topological polar surface area (TPSA) is 29.3 Å². The standard InChI is InChI=1S/C15H24N2S/c1-13-5-3-6-14(9-13)10-17(2)15(11-16)7-4-8-18-12-15/h3,5-6,9H,4,7-8,10-12,16H2,1-2H3. The summed E-state index contributed by atoms with van der Waals surface area (Å²) >= 11 is 2.05. The lowest BCUT2D eigenvalue weighted by Crippen LogP contribution is -2.55. The van der Waals surface area contributed by atoms with E-state index < -0.39 is 0 Å². The van der Waals surface area contributed by atoms with Gasteiger partial charge >= 0.3 is 0 Å². The zero-order valence-electron chi connectivity index (χ0n) is 11.5. The number of nitrogens with zero attached hydrogens (tertiary/aromatic N) is 1. The summed E-state index contributed by atoms with van der Waals surface area (Å²) in [5, 5.41) is 0. The van der Waals surface area contributed by atoms with Crippen LogP contribution in [0.3, 0.4) is 0 Å². The molecule has 0 aromatic heterocycles. The molecule has 1 aromatic carbocycles. The summed E-state index contributed by atoms with van der Waals surface area (Å²) in [6.45, 7) is 3.92. The van der Waals surface area contributed by atoms with Crippen LogP contribution in [0.1, 0.15) is 24.0 Å².